The van der Waals surface area contributed by atoms with Gasteiger partial charge in [0.15, 0.2) is 0 Å². The van der Waals surface area contributed by atoms with Crippen molar-refractivity contribution in [1.82, 2.24) is 4.90 Å². The minimum atomic E-state index is -0.0856. The number of rotatable bonds is 6. The van der Waals surface area contributed by atoms with Crippen molar-refractivity contribution in [2.24, 2.45) is 5.41 Å². The molecule has 4 heteroatoms. The van der Waals surface area contributed by atoms with Gasteiger partial charge in [-0.05, 0) is 19.3 Å². The Bertz CT molecular complexity index is 223. The van der Waals surface area contributed by atoms with Gasteiger partial charge in [0.05, 0.1) is 19.8 Å². The van der Waals surface area contributed by atoms with Crippen molar-refractivity contribution in [3.8, 4) is 0 Å². The summed E-state index contributed by atoms with van der Waals surface area (Å²) in [5.41, 5.74) is -0.0856. The molecule has 1 saturated heterocycles. The summed E-state index contributed by atoms with van der Waals surface area (Å²) < 4.78 is 5.44. The molecule has 2 rings (SSSR count). The Morgan fingerprint density at radius 3 is 2.53 bits per heavy atom. The molecule has 2 aliphatic rings. The third-order valence-corrected chi connectivity index (χ3v) is 4.29. The molecule has 17 heavy (non-hydrogen) atoms. The Morgan fingerprint density at radius 1 is 1.24 bits per heavy atom. The lowest BCUT2D eigenvalue weighted by molar-refractivity contribution is 0.0347. The smallest absolute Gasteiger partial charge is 0.0558 e. The van der Waals surface area contributed by atoms with E-state index in [-0.39, 0.29) is 18.6 Å². The van der Waals surface area contributed by atoms with E-state index in [1.54, 1.807) is 0 Å². The Balaban J connectivity index is 1.95. The molecule has 0 radical (unpaired) electrons. The van der Waals surface area contributed by atoms with E-state index in [0.29, 0.717) is 12.6 Å². The maximum absolute atomic E-state index is 9.61. The second kappa shape index (κ2) is 6.14. The number of hydrogen-bond acceptors (Lipinski definition) is 4. The van der Waals surface area contributed by atoms with E-state index in [0.717, 1.165) is 26.1 Å². The summed E-state index contributed by atoms with van der Waals surface area (Å²) in [7, 11) is 0. The highest BCUT2D eigenvalue weighted by atomic mass is 16.5. The fourth-order valence-electron chi connectivity index (χ4n) is 3.17. The standard InChI is InChI=1S/C13H25NO3/c15-7-6-14(12-3-1-2-4-12)9-13(10-16)5-8-17-11-13/h12,15-16H,1-11H2. The number of aliphatic hydroxyl groups is 2. The van der Waals surface area contributed by atoms with Crippen molar-refractivity contribution in [2.45, 2.75) is 38.1 Å². The van der Waals surface area contributed by atoms with Crippen molar-refractivity contribution in [2.75, 3.05) is 39.5 Å². The van der Waals surface area contributed by atoms with Gasteiger partial charge in [-0.15, -0.1) is 0 Å². The molecule has 1 heterocycles. The zero-order valence-corrected chi connectivity index (χ0v) is 10.6. The van der Waals surface area contributed by atoms with Crippen LogP contribution in [-0.2, 0) is 4.74 Å². The Labute approximate surface area is 104 Å². The van der Waals surface area contributed by atoms with Gasteiger partial charge in [-0.25, -0.2) is 0 Å². The van der Waals surface area contributed by atoms with Crippen LogP contribution in [0.25, 0.3) is 0 Å². The van der Waals surface area contributed by atoms with Crippen LogP contribution in [0.3, 0.4) is 0 Å². The van der Waals surface area contributed by atoms with Gasteiger partial charge >= 0.3 is 0 Å². The lowest BCUT2D eigenvalue weighted by atomic mass is 9.87. The molecule has 2 fully saturated rings. The first-order valence-electron chi connectivity index (χ1n) is 6.83. The highest BCUT2D eigenvalue weighted by Crippen LogP contribution is 2.32. The molecule has 1 unspecified atom stereocenters. The molecule has 0 amide bonds. The predicted octanol–water partition coefficient (Wildman–Crippen LogP) is 0.622. The molecule has 2 N–H and O–H groups in total. The largest absolute Gasteiger partial charge is 0.396 e. The van der Waals surface area contributed by atoms with Crippen LogP contribution < -0.4 is 0 Å². The van der Waals surface area contributed by atoms with Gasteiger partial charge in [0, 0.05) is 31.2 Å². The van der Waals surface area contributed by atoms with Gasteiger partial charge in [-0.3, -0.25) is 4.90 Å². The van der Waals surface area contributed by atoms with Crippen LogP contribution in [0.1, 0.15) is 32.1 Å². The van der Waals surface area contributed by atoms with Crippen LogP contribution in [0.5, 0.6) is 0 Å². The van der Waals surface area contributed by atoms with E-state index in [9.17, 15) is 10.2 Å². The van der Waals surface area contributed by atoms with Crippen LogP contribution in [0.2, 0.25) is 0 Å². The van der Waals surface area contributed by atoms with E-state index in [1.165, 1.54) is 25.7 Å². The third-order valence-electron chi connectivity index (χ3n) is 4.29. The molecule has 0 spiro atoms. The Morgan fingerprint density at radius 2 is 2.00 bits per heavy atom. The fraction of sp³-hybridized carbons (Fsp3) is 1.00. The Kier molecular flexibility index (Phi) is 4.79. The Hall–Kier alpha value is -0.160. The quantitative estimate of drug-likeness (QED) is 0.718. The van der Waals surface area contributed by atoms with Crippen molar-refractivity contribution < 1.29 is 14.9 Å². The van der Waals surface area contributed by atoms with Crippen LogP contribution in [0, 0.1) is 5.41 Å². The second-order valence-electron chi connectivity index (χ2n) is 5.59. The maximum atomic E-state index is 9.61. The zero-order chi connectivity index (χ0) is 12.1. The van der Waals surface area contributed by atoms with Crippen LogP contribution in [0.4, 0.5) is 0 Å². The summed E-state index contributed by atoms with van der Waals surface area (Å²) >= 11 is 0. The van der Waals surface area contributed by atoms with Gasteiger partial charge in [0.2, 0.25) is 0 Å². The first-order chi connectivity index (χ1) is 8.29. The van der Waals surface area contributed by atoms with Gasteiger partial charge in [0.25, 0.3) is 0 Å². The van der Waals surface area contributed by atoms with Crippen molar-refractivity contribution in [1.29, 1.82) is 0 Å². The topological polar surface area (TPSA) is 52.9 Å². The average Bonchev–Trinajstić information content (AvgIpc) is 3.00. The number of aliphatic hydroxyl groups excluding tert-OH is 2. The molecule has 100 valence electrons. The molecule has 0 aromatic carbocycles. The normalized spacial score (nSPS) is 30.5. The summed E-state index contributed by atoms with van der Waals surface area (Å²) in [6.45, 7) is 3.43. The van der Waals surface area contributed by atoms with E-state index in [2.05, 4.69) is 4.90 Å². The summed E-state index contributed by atoms with van der Waals surface area (Å²) in [5, 5.41) is 18.8. The van der Waals surface area contributed by atoms with E-state index >= 15 is 0 Å². The van der Waals surface area contributed by atoms with E-state index in [1.807, 2.05) is 0 Å². The molecule has 1 aliphatic heterocycles. The summed E-state index contributed by atoms with van der Waals surface area (Å²) in [5.74, 6) is 0. The minimum absolute atomic E-state index is 0.0856. The molecule has 0 bridgehead atoms. The van der Waals surface area contributed by atoms with Crippen LogP contribution in [-0.4, -0.2) is 60.7 Å². The molecule has 0 aromatic heterocycles. The summed E-state index contributed by atoms with van der Waals surface area (Å²) in [4.78, 5) is 2.37. The monoisotopic (exact) mass is 243 g/mol. The first-order valence-corrected chi connectivity index (χ1v) is 6.83. The molecule has 1 atom stereocenters. The van der Waals surface area contributed by atoms with Crippen molar-refractivity contribution in [3.63, 3.8) is 0 Å². The highest BCUT2D eigenvalue weighted by Gasteiger charge is 2.38. The molecule has 1 aliphatic carbocycles. The highest BCUT2D eigenvalue weighted by molar-refractivity contribution is 4.89. The number of ether oxygens (including phenoxy) is 1. The SMILES string of the molecule is OCCN(CC1(CO)CCOC1)C1CCCC1. The van der Waals surface area contributed by atoms with Crippen molar-refractivity contribution in [3.05, 3.63) is 0 Å². The zero-order valence-electron chi connectivity index (χ0n) is 10.6. The fourth-order valence-corrected chi connectivity index (χ4v) is 3.17. The molecule has 1 saturated carbocycles. The number of nitrogens with zero attached hydrogens (tertiary/aromatic N) is 1. The minimum Gasteiger partial charge on any atom is -0.396 e. The lowest BCUT2D eigenvalue weighted by Crippen LogP contribution is -2.46. The number of hydrogen-bond donors (Lipinski definition) is 2. The van der Waals surface area contributed by atoms with Gasteiger partial charge < -0.3 is 14.9 Å². The average molecular weight is 243 g/mol. The van der Waals surface area contributed by atoms with Crippen LogP contribution in [0.15, 0.2) is 0 Å². The lowest BCUT2D eigenvalue weighted by Gasteiger charge is -2.36. The van der Waals surface area contributed by atoms with E-state index < -0.39 is 0 Å². The molecule has 0 aromatic rings. The molecular weight excluding hydrogens is 218 g/mol. The first kappa shape index (κ1) is 13.3. The van der Waals surface area contributed by atoms with Crippen molar-refractivity contribution >= 4 is 0 Å². The summed E-state index contributed by atoms with van der Waals surface area (Å²) in [6, 6.07) is 0.603. The third kappa shape index (κ3) is 3.19. The predicted molar refractivity (Wildman–Crippen MR) is 65.9 cm³/mol. The maximum Gasteiger partial charge on any atom is 0.0558 e. The van der Waals surface area contributed by atoms with Gasteiger partial charge in [0.1, 0.15) is 0 Å². The summed E-state index contributed by atoms with van der Waals surface area (Å²) in [6.07, 6.45) is 6.02. The van der Waals surface area contributed by atoms with E-state index in [4.69, 9.17) is 4.74 Å². The molecular formula is C13H25NO3. The molecule has 4 nitrogen and oxygen atoms in total. The van der Waals surface area contributed by atoms with Crippen LogP contribution >= 0.6 is 0 Å². The van der Waals surface area contributed by atoms with Gasteiger partial charge in [-0.1, -0.05) is 12.8 Å². The van der Waals surface area contributed by atoms with Gasteiger partial charge in [-0.2, -0.15) is 0 Å². The second-order valence-corrected chi connectivity index (χ2v) is 5.59.